The first-order valence-electron chi connectivity index (χ1n) is 11.0. The van der Waals surface area contributed by atoms with Gasteiger partial charge in [-0.2, -0.15) is 13.2 Å². The van der Waals surface area contributed by atoms with Gasteiger partial charge in [0.05, 0.1) is 23.7 Å². The second-order valence-corrected chi connectivity index (χ2v) is 8.37. The maximum atomic E-state index is 14.6. The van der Waals surface area contributed by atoms with E-state index in [1.54, 1.807) is 18.3 Å². The Kier molecular flexibility index (Phi) is 6.36. The van der Waals surface area contributed by atoms with Crippen LogP contribution in [0.1, 0.15) is 46.9 Å². The van der Waals surface area contributed by atoms with Crippen LogP contribution in [-0.2, 0) is 27.5 Å². The zero-order valence-electron chi connectivity index (χ0n) is 19.0. The number of anilines is 1. The van der Waals surface area contributed by atoms with Crippen molar-refractivity contribution in [2.45, 2.75) is 37.8 Å². The summed E-state index contributed by atoms with van der Waals surface area (Å²) in [5, 5.41) is 2.68. The summed E-state index contributed by atoms with van der Waals surface area (Å²) in [6.07, 6.45) is -1.70. The highest BCUT2D eigenvalue weighted by Gasteiger charge is 2.53. The number of methoxy groups -OCH3 is 1. The van der Waals surface area contributed by atoms with Crippen molar-refractivity contribution in [3.63, 3.8) is 0 Å². The first-order valence-corrected chi connectivity index (χ1v) is 11.0. The number of pyridine rings is 1. The quantitative estimate of drug-likeness (QED) is 0.347. The second-order valence-electron chi connectivity index (χ2n) is 8.37. The Balaban J connectivity index is 1.62. The van der Waals surface area contributed by atoms with Crippen LogP contribution < -0.4 is 5.32 Å². The van der Waals surface area contributed by atoms with Crippen molar-refractivity contribution >= 4 is 17.6 Å². The molecule has 0 saturated heterocycles. The lowest BCUT2D eigenvalue weighted by Gasteiger charge is -2.18. The predicted octanol–water partition coefficient (Wildman–Crippen LogP) is 5.93. The van der Waals surface area contributed by atoms with Crippen LogP contribution in [-0.4, -0.2) is 24.0 Å². The summed E-state index contributed by atoms with van der Waals surface area (Å²) in [5.41, 5.74) is 0.133. The van der Waals surface area contributed by atoms with E-state index in [0.29, 0.717) is 30.0 Å². The molecule has 9 heteroatoms. The number of nitrogens with one attached hydrogen (secondary N) is 1. The molecule has 1 fully saturated rings. The van der Waals surface area contributed by atoms with Crippen LogP contribution >= 0.6 is 0 Å². The molecule has 1 aromatic heterocycles. The van der Waals surface area contributed by atoms with Gasteiger partial charge >= 0.3 is 12.1 Å². The molecule has 2 aromatic carbocycles. The first-order chi connectivity index (χ1) is 16.6. The first kappa shape index (κ1) is 24.4. The van der Waals surface area contributed by atoms with Crippen LogP contribution in [0.4, 0.5) is 23.2 Å². The molecule has 1 aliphatic carbocycles. The smallest absolute Gasteiger partial charge is 0.416 e. The normalized spacial score (nSPS) is 14.3. The largest absolute Gasteiger partial charge is 0.465 e. The highest BCUT2D eigenvalue weighted by Crippen LogP contribution is 2.50. The number of benzene rings is 2. The van der Waals surface area contributed by atoms with E-state index in [4.69, 9.17) is 4.74 Å². The minimum atomic E-state index is -4.68. The second kappa shape index (κ2) is 9.13. The molecule has 0 radical (unpaired) electrons. The van der Waals surface area contributed by atoms with Crippen LogP contribution in [0.25, 0.3) is 11.1 Å². The van der Waals surface area contributed by atoms with Crippen molar-refractivity contribution < 1.29 is 31.9 Å². The third-order valence-electron chi connectivity index (χ3n) is 6.18. The van der Waals surface area contributed by atoms with Crippen LogP contribution in [0.5, 0.6) is 0 Å². The van der Waals surface area contributed by atoms with Crippen molar-refractivity contribution in [2.75, 3.05) is 12.4 Å². The minimum absolute atomic E-state index is 0.0881. The standard InChI is InChI=1S/C26H22F4N2O3/c1-3-17-6-4-15(14-31-17)19-8-7-18(13-20(19)23(33)35-2)32-24(34)25(10-11-25)21-9-5-16(12-22(21)27)26(28,29)30/h4-9,12-14H,3,10-11H2,1-2H3,(H,32,34). The lowest BCUT2D eigenvalue weighted by atomic mass is 9.93. The van der Waals surface area contributed by atoms with Gasteiger partial charge in [0, 0.05) is 28.7 Å². The molecule has 1 heterocycles. The van der Waals surface area contributed by atoms with Crippen molar-refractivity contribution in [3.05, 3.63) is 82.9 Å². The highest BCUT2D eigenvalue weighted by atomic mass is 19.4. The van der Waals surface area contributed by atoms with Crippen LogP contribution in [0.15, 0.2) is 54.7 Å². The number of carbonyl (C=O) groups excluding carboxylic acids is 2. The molecule has 1 saturated carbocycles. The number of aromatic nitrogens is 1. The Morgan fingerprint density at radius 1 is 1.09 bits per heavy atom. The molecule has 0 bridgehead atoms. The van der Waals surface area contributed by atoms with E-state index in [1.807, 2.05) is 19.1 Å². The molecule has 1 amide bonds. The topological polar surface area (TPSA) is 68.3 Å². The molecular weight excluding hydrogens is 464 g/mol. The molecule has 182 valence electrons. The van der Waals surface area contributed by atoms with Gasteiger partial charge in [-0.15, -0.1) is 0 Å². The summed E-state index contributed by atoms with van der Waals surface area (Å²) in [6.45, 7) is 1.97. The average Bonchev–Trinajstić information content (AvgIpc) is 3.65. The number of alkyl halides is 3. The van der Waals surface area contributed by atoms with Gasteiger partial charge < -0.3 is 10.1 Å². The summed E-state index contributed by atoms with van der Waals surface area (Å²) in [7, 11) is 1.24. The van der Waals surface area contributed by atoms with E-state index in [2.05, 4.69) is 10.3 Å². The monoisotopic (exact) mass is 486 g/mol. The number of hydrogen-bond acceptors (Lipinski definition) is 4. The van der Waals surface area contributed by atoms with Gasteiger partial charge in [-0.1, -0.05) is 25.1 Å². The summed E-state index contributed by atoms with van der Waals surface area (Å²) in [4.78, 5) is 29.9. The highest BCUT2D eigenvalue weighted by molar-refractivity contribution is 6.04. The fourth-order valence-corrected chi connectivity index (χ4v) is 4.02. The molecule has 3 aromatic rings. The van der Waals surface area contributed by atoms with Crippen LogP contribution in [0.2, 0.25) is 0 Å². The number of hydrogen-bond donors (Lipinski definition) is 1. The maximum absolute atomic E-state index is 14.6. The molecular formula is C26H22F4N2O3. The van der Waals surface area contributed by atoms with Gasteiger partial charge in [-0.25, -0.2) is 9.18 Å². The number of aryl methyl sites for hydroxylation is 1. The lowest BCUT2D eigenvalue weighted by Crippen LogP contribution is -2.29. The van der Waals surface area contributed by atoms with Crippen molar-refractivity contribution in [2.24, 2.45) is 0 Å². The van der Waals surface area contributed by atoms with Crippen molar-refractivity contribution in [3.8, 4) is 11.1 Å². The lowest BCUT2D eigenvalue weighted by molar-refractivity contribution is -0.137. The summed E-state index contributed by atoms with van der Waals surface area (Å²) in [5.74, 6) is -2.26. The molecule has 5 nitrogen and oxygen atoms in total. The molecule has 35 heavy (non-hydrogen) atoms. The van der Waals surface area contributed by atoms with Crippen molar-refractivity contribution in [1.82, 2.24) is 4.98 Å². The third-order valence-corrected chi connectivity index (χ3v) is 6.18. The average molecular weight is 486 g/mol. The summed E-state index contributed by atoms with van der Waals surface area (Å²) >= 11 is 0. The fraction of sp³-hybridized carbons (Fsp3) is 0.269. The van der Waals surface area contributed by atoms with Gasteiger partial charge in [0.1, 0.15) is 5.82 Å². The van der Waals surface area contributed by atoms with Gasteiger partial charge in [0.15, 0.2) is 0 Å². The van der Waals surface area contributed by atoms with Gasteiger partial charge in [-0.3, -0.25) is 9.78 Å². The number of halogens is 4. The SMILES string of the molecule is CCc1ccc(-c2ccc(NC(=O)C3(c4ccc(C(F)(F)F)cc4F)CC3)cc2C(=O)OC)cn1. The van der Waals surface area contributed by atoms with Gasteiger partial charge in [0.2, 0.25) is 5.91 Å². The molecule has 0 aliphatic heterocycles. The Morgan fingerprint density at radius 3 is 2.37 bits per heavy atom. The molecule has 1 aliphatic rings. The number of nitrogens with zero attached hydrogens (tertiary/aromatic N) is 1. The fourth-order valence-electron chi connectivity index (χ4n) is 4.02. The molecule has 4 rings (SSSR count). The number of amides is 1. The molecule has 0 atom stereocenters. The van der Waals surface area contributed by atoms with E-state index in [-0.39, 0.29) is 16.8 Å². The summed E-state index contributed by atoms with van der Waals surface area (Å²) in [6, 6.07) is 10.6. The van der Waals surface area contributed by atoms with Gasteiger partial charge in [0.25, 0.3) is 0 Å². The Labute approximate surface area is 199 Å². The Bertz CT molecular complexity index is 1280. The predicted molar refractivity (Wildman–Crippen MR) is 121 cm³/mol. The van der Waals surface area contributed by atoms with Crippen molar-refractivity contribution in [1.29, 1.82) is 0 Å². The molecule has 0 unspecified atom stereocenters. The van der Waals surface area contributed by atoms with E-state index < -0.39 is 34.8 Å². The zero-order valence-corrected chi connectivity index (χ0v) is 19.0. The number of ether oxygens (including phenoxy) is 1. The summed E-state index contributed by atoms with van der Waals surface area (Å²) < 4.78 is 58.2. The van der Waals surface area contributed by atoms with E-state index in [1.165, 1.54) is 13.2 Å². The number of esters is 1. The molecule has 0 spiro atoms. The Hall–Kier alpha value is -3.75. The maximum Gasteiger partial charge on any atom is 0.416 e. The van der Waals surface area contributed by atoms with Gasteiger partial charge in [-0.05, 0) is 55.2 Å². The Morgan fingerprint density at radius 2 is 1.83 bits per heavy atom. The minimum Gasteiger partial charge on any atom is -0.465 e. The number of rotatable bonds is 6. The van der Waals surface area contributed by atoms with E-state index in [9.17, 15) is 27.2 Å². The third kappa shape index (κ3) is 4.76. The van der Waals surface area contributed by atoms with Crippen LogP contribution in [0, 0.1) is 5.82 Å². The molecule has 1 N–H and O–H groups in total. The van der Waals surface area contributed by atoms with E-state index >= 15 is 0 Å². The zero-order chi connectivity index (χ0) is 25.4. The van der Waals surface area contributed by atoms with Crippen LogP contribution in [0.3, 0.4) is 0 Å². The van der Waals surface area contributed by atoms with E-state index in [0.717, 1.165) is 24.2 Å². The number of carbonyl (C=O) groups is 2.